The highest BCUT2D eigenvalue weighted by Crippen LogP contribution is 2.33. The highest BCUT2D eigenvalue weighted by Gasteiger charge is 2.19. The SMILES string of the molecule is COc1cc(OC)c(OC)cc1/C=N/NS(=O)(=O)c1cc(C)ccc1OC. The average molecular weight is 394 g/mol. The van der Waals surface area contributed by atoms with Crippen LogP contribution in [0.3, 0.4) is 0 Å². The van der Waals surface area contributed by atoms with Crippen molar-refractivity contribution in [2.45, 2.75) is 11.8 Å². The summed E-state index contributed by atoms with van der Waals surface area (Å²) < 4.78 is 46.0. The monoisotopic (exact) mass is 394 g/mol. The van der Waals surface area contributed by atoms with Crippen molar-refractivity contribution in [1.82, 2.24) is 4.83 Å². The number of hydrogen-bond donors (Lipinski definition) is 1. The summed E-state index contributed by atoms with van der Waals surface area (Å²) in [5, 5.41) is 3.84. The molecule has 0 aliphatic heterocycles. The van der Waals surface area contributed by atoms with Gasteiger partial charge in [0.05, 0.1) is 34.7 Å². The van der Waals surface area contributed by atoms with Crippen LogP contribution < -0.4 is 23.8 Å². The third-order valence-corrected chi connectivity index (χ3v) is 4.96. The van der Waals surface area contributed by atoms with Gasteiger partial charge in [-0.2, -0.15) is 18.4 Å². The summed E-state index contributed by atoms with van der Waals surface area (Å²) in [7, 11) is 1.98. The van der Waals surface area contributed by atoms with Crippen molar-refractivity contribution < 1.29 is 27.4 Å². The predicted octanol–water partition coefficient (Wildman–Crippen LogP) is 2.34. The van der Waals surface area contributed by atoms with Crippen LogP contribution in [0.1, 0.15) is 11.1 Å². The van der Waals surface area contributed by atoms with E-state index in [9.17, 15) is 8.42 Å². The van der Waals surface area contributed by atoms with Crippen LogP contribution in [0, 0.1) is 6.92 Å². The number of benzene rings is 2. The van der Waals surface area contributed by atoms with Crippen molar-refractivity contribution in [2.24, 2.45) is 5.10 Å². The summed E-state index contributed by atoms with van der Waals surface area (Å²) in [5.74, 6) is 1.62. The van der Waals surface area contributed by atoms with Gasteiger partial charge in [-0.25, -0.2) is 0 Å². The molecule has 146 valence electrons. The minimum atomic E-state index is -3.91. The number of aryl methyl sites for hydroxylation is 1. The van der Waals surface area contributed by atoms with Crippen molar-refractivity contribution >= 4 is 16.2 Å². The summed E-state index contributed by atoms with van der Waals surface area (Å²) in [6.45, 7) is 1.79. The third-order valence-electron chi connectivity index (χ3n) is 3.72. The lowest BCUT2D eigenvalue weighted by Crippen LogP contribution is -2.19. The second-order valence-corrected chi connectivity index (χ2v) is 7.09. The van der Waals surface area contributed by atoms with Crippen molar-refractivity contribution in [3.63, 3.8) is 0 Å². The molecule has 0 aliphatic rings. The molecule has 0 saturated heterocycles. The maximum Gasteiger partial charge on any atom is 0.280 e. The van der Waals surface area contributed by atoms with E-state index in [0.29, 0.717) is 22.8 Å². The van der Waals surface area contributed by atoms with Crippen LogP contribution in [0.4, 0.5) is 0 Å². The van der Waals surface area contributed by atoms with Gasteiger partial charge in [0.15, 0.2) is 11.5 Å². The van der Waals surface area contributed by atoms with Crippen LogP contribution in [-0.2, 0) is 10.0 Å². The van der Waals surface area contributed by atoms with Gasteiger partial charge in [-0.3, -0.25) is 0 Å². The molecule has 0 saturated carbocycles. The molecule has 0 heterocycles. The summed E-state index contributed by atoms with van der Waals surface area (Å²) in [4.78, 5) is 2.18. The fourth-order valence-corrected chi connectivity index (χ4v) is 3.41. The predicted molar refractivity (Wildman–Crippen MR) is 102 cm³/mol. The lowest BCUT2D eigenvalue weighted by atomic mass is 10.2. The zero-order valence-electron chi connectivity index (χ0n) is 15.8. The van der Waals surface area contributed by atoms with E-state index in [1.54, 1.807) is 31.2 Å². The fourth-order valence-electron chi connectivity index (χ4n) is 2.36. The number of sulfonamides is 1. The number of rotatable bonds is 8. The Morgan fingerprint density at radius 1 is 0.852 bits per heavy atom. The topological polar surface area (TPSA) is 95.5 Å². The average Bonchev–Trinajstić information content (AvgIpc) is 2.67. The molecule has 0 spiro atoms. The molecule has 2 aromatic carbocycles. The summed E-state index contributed by atoms with van der Waals surface area (Å²) in [6, 6.07) is 8.11. The molecule has 0 aromatic heterocycles. The smallest absolute Gasteiger partial charge is 0.280 e. The molecule has 0 radical (unpaired) electrons. The first kappa shape index (κ1) is 20.4. The number of hydrazone groups is 1. The van der Waals surface area contributed by atoms with Crippen molar-refractivity contribution in [2.75, 3.05) is 28.4 Å². The van der Waals surface area contributed by atoms with Gasteiger partial charge in [0.2, 0.25) is 0 Å². The first-order chi connectivity index (χ1) is 12.9. The maximum absolute atomic E-state index is 12.6. The van der Waals surface area contributed by atoms with E-state index in [0.717, 1.165) is 5.56 Å². The van der Waals surface area contributed by atoms with Crippen LogP contribution in [0.2, 0.25) is 0 Å². The summed E-state index contributed by atoms with van der Waals surface area (Å²) >= 11 is 0. The van der Waals surface area contributed by atoms with Gasteiger partial charge in [-0.1, -0.05) is 6.07 Å². The van der Waals surface area contributed by atoms with Gasteiger partial charge < -0.3 is 18.9 Å². The van der Waals surface area contributed by atoms with Crippen LogP contribution >= 0.6 is 0 Å². The number of nitrogens with zero attached hydrogens (tertiary/aromatic N) is 1. The first-order valence-electron chi connectivity index (χ1n) is 7.85. The standard InChI is InChI=1S/C18H22N2O6S/c1-12-6-7-14(23-2)18(8-12)27(21,22)20-19-11-13-9-16(25-4)17(26-5)10-15(13)24-3/h6-11,20H,1-5H3/b19-11+. The minimum absolute atomic E-state index is 0.00132. The molecule has 0 fully saturated rings. The van der Waals surface area contributed by atoms with Crippen molar-refractivity contribution in [3.8, 4) is 23.0 Å². The van der Waals surface area contributed by atoms with Gasteiger partial charge in [-0.15, -0.1) is 0 Å². The van der Waals surface area contributed by atoms with Gasteiger partial charge in [0.1, 0.15) is 16.4 Å². The van der Waals surface area contributed by atoms with Gasteiger partial charge in [-0.05, 0) is 30.7 Å². The third kappa shape index (κ3) is 4.62. The van der Waals surface area contributed by atoms with Crippen LogP contribution in [0.25, 0.3) is 0 Å². The second kappa shape index (κ2) is 8.63. The van der Waals surface area contributed by atoms with E-state index >= 15 is 0 Å². The zero-order chi connectivity index (χ0) is 20.0. The van der Waals surface area contributed by atoms with Gasteiger partial charge in [0.25, 0.3) is 10.0 Å². The Morgan fingerprint density at radius 3 is 2.04 bits per heavy atom. The molecule has 0 unspecified atom stereocenters. The lowest BCUT2D eigenvalue weighted by Gasteiger charge is -2.12. The molecule has 0 bridgehead atoms. The number of ether oxygens (including phenoxy) is 4. The fraction of sp³-hybridized carbons (Fsp3) is 0.278. The van der Waals surface area contributed by atoms with E-state index < -0.39 is 10.0 Å². The van der Waals surface area contributed by atoms with Crippen LogP contribution in [0.15, 0.2) is 40.3 Å². The summed E-state index contributed by atoms with van der Waals surface area (Å²) in [5.41, 5.74) is 1.29. The normalized spacial score (nSPS) is 11.3. The molecule has 0 amide bonds. The molecule has 0 atom stereocenters. The van der Waals surface area contributed by atoms with E-state index in [1.165, 1.54) is 40.7 Å². The van der Waals surface area contributed by atoms with Crippen molar-refractivity contribution in [3.05, 3.63) is 41.5 Å². The largest absolute Gasteiger partial charge is 0.496 e. The van der Waals surface area contributed by atoms with Crippen LogP contribution in [-0.4, -0.2) is 43.1 Å². The highest BCUT2D eigenvalue weighted by molar-refractivity contribution is 7.89. The molecule has 2 aromatic rings. The van der Waals surface area contributed by atoms with E-state index in [2.05, 4.69) is 9.93 Å². The molecule has 8 nitrogen and oxygen atoms in total. The molecule has 2 rings (SSSR count). The summed E-state index contributed by atoms with van der Waals surface area (Å²) in [6.07, 6.45) is 1.32. The molecular weight excluding hydrogens is 372 g/mol. The number of nitrogens with one attached hydrogen (secondary N) is 1. The Bertz CT molecular complexity index is 941. The van der Waals surface area contributed by atoms with E-state index in [1.807, 2.05) is 0 Å². The Hall–Kier alpha value is -2.94. The van der Waals surface area contributed by atoms with E-state index in [4.69, 9.17) is 18.9 Å². The van der Waals surface area contributed by atoms with Crippen molar-refractivity contribution in [1.29, 1.82) is 0 Å². The highest BCUT2D eigenvalue weighted by atomic mass is 32.2. The Labute approximate surface area is 158 Å². The molecule has 9 heteroatoms. The number of methoxy groups -OCH3 is 4. The Morgan fingerprint density at radius 2 is 1.44 bits per heavy atom. The minimum Gasteiger partial charge on any atom is -0.496 e. The zero-order valence-corrected chi connectivity index (χ0v) is 16.6. The number of hydrogen-bond acceptors (Lipinski definition) is 7. The first-order valence-corrected chi connectivity index (χ1v) is 9.34. The molecular formula is C18H22N2O6S. The maximum atomic E-state index is 12.6. The Balaban J connectivity index is 2.33. The lowest BCUT2D eigenvalue weighted by molar-refractivity contribution is 0.349. The molecule has 1 N–H and O–H groups in total. The van der Waals surface area contributed by atoms with E-state index in [-0.39, 0.29) is 10.6 Å². The van der Waals surface area contributed by atoms with Crippen LogP contribution in [0.5, 0.6) is 23.0 Å². The van der Waals surface area contributed by atoms with Gasteiger partial charge in [0, 0.05) is 11.6 Å². The Kier molecular flexibility index (Phi) is 6.51. The van der Waals surface area contributed by atoms with Gasteiger partial charge >= 0.3 is 0 Å². The molecule has 27 heavy (non-hydrogen) atoms. The second-order valence-electron chi connectivity index (χ2n) is 5.46. The molecule has 0 aliphatic carbocycles. The quantitative estimate of drug-likeness (QED) is 0.545.